The van der Waals surface area contributed by atoms with Crippen LogP contribution in [0.3, 0.4) is 0 Å². The average Bonchev–Trinajstić information content (AvgIpc) is 2.68. The monoisotopic (exact) mass is 225 g/mol. The molecule has 0 radical (unpaired) electrons. The van der Waals surface area contributed by atoms with Crippen molar-refractivity contribution in [2.45, 2.75) is 31.6 Å². The van der Waals surface area contributed by atoms with Crippen molar-refractivity contribution in [2.24, 2.45) is 0 Å². The van der Waals surface area contributed by atoms with Crippen molar-refractivity contribution >= 4 is 22.1 Å². The topological polar surface area (TPSA) is 60.2 Å². The van der Waals surface area contributed by atoms with Crippen LogP contribution in [0.5, 0.6) is 0 Å². The predicted molar refractivity (Wildman–Crippen MR) is 57.2 cm³/mol. The fourth-order valence-corrected chi connectivity index (χ4v) is 2.87. The van der Waals surface area contributed by atoms with Crippen LogP contribution in [0, 0.1) is 10.1 Å². The number of hydrogen-bond acceptors (Lipinski definition) is 4. The summed E-state index contributed by atoms with van der Waals surface area (Å²) < 4.78 is 0. The Morgan fingerprint density at radius 3 is 2.53 bits per heavy atom. The number of thiophene rings is 1. The van der Waals surface area contributed by atoms with Gasteiger partial charge in [-0.15, -0.1) is 0 Å². The van der Waals surface area contributed by atoms with Crippen LogP contribution in [-0.2, 0) is 4.79 Å². The highest BCUT2D eigenvalue weighted by Crippen LogP contribution is 2.37. The molecule has 80 valence electrons. The maximum absolute atomic E-state index is 11.0. The summed E-state index contributed by atoms with van der Waals surface area (Å²) in [5, 5.41) is 10.7. The zero-order valence-corrected chi connectivity index (χ0v) is 8.96. The summed E-state index contributed by atoms with van der Waals surface area (Å²) in [7, 11) is 0. The molecule has 1 aliphatic rings. The smallest absolute Gasteiger partial charge is 0.300 e. The molecule has 1 aliphatic carbocycles. The van der Waals surface area contributed by atoms with E-state index in [1.807, 2.05) is 6.07 Å². The SMILES string of the molecule is O=C1CCC(c2ccc([N+](=O)[O-])s2)CC1. The minimum absolute atomic E-state index is 0.196. The number of carbonyl (C=O) groups excluding carboxylic acids is 1. The number of nitro groups is 1. The van der Waals surface area contributed by atoms with Crippen LogP contribution in [-0.4, -0.2) is 10.7 Å². The van der Waals surface area contributed by atoms with Gasteiger partial charge in [0.2, 0.25) is 0 Å². The molecule has 0 amide bonds. The van der Waals surface area contributed by atoms with Crippen molar-refractivity contribution in [1.82, 2.24) is 0 Å². The van der Waals surface area contributed by atoms with Gasteiger partial charge in [-0.2, -0.15) is 0 Å². The lowest BCUT2D eigenvalue weighted by Gasteiger charge is -2.18. The second kappa shape index (κ2) is 4.10. The van der Waals surface area contributed by atoms with Crippen LogP contribution in [0.25, 0.3) is 0 Å². The normalized spacial score (nSPS) is 18.0. The zero-order chi connectivity index (χ0) is 10.8. The Bertz CT molecular complexity index is 389. The summed E-state index contributed by atoms with van der Waals surface area (Å²) in [5.41, 5.74) is 0. The summed E-state index contributed by atoms with van der Waals surface area (Å²) in [6.45, 7) is 0. The van der Waals surface area contributed by atoms with Gasteiger partial charge in [0, 0.05) is 23.8 Å². The van der Waals surface area contributed by atoms with Gasteiger partial charge in [0.15, 0.2) is 0 Å². The summed E-state index contributed by atoms with van der Waals surface area (Å²) in [5.74, 6) is 0.665. The zero-order valence-electron chi connectivity index (χ0n) is 8.14. The highest BCUT2D eigenvalue weighted by Gasteiger charge is 2.23. The third-order valence-electron chi connectivity index (χ3n) is 2.74. The van der Waals surface area contributed by atoms with Gasteiger partial charge in [-0.1, -0.05) is 11.3 Å². The number of nitrogens with zero attached hydrogens (tertiary/aromatic N) is 1. The Kier molecular flexibility index (Phi) is 2.81. The lowest BCUT2D eigenvalue weighted by atomic mass is 9.87. The molecule has 0 atom stereocenters. The van der Waals surface area contributed by atoms with Gasteiger partial charge in [0.05, 0.1) is 4.92 Å². The first-order valence-corrected chi connectivity index (χ1v) is 5.74. The maximum atomic E-state index is 11.0. The van der Waals surface area contributed by atoms with E-state index in [2.05, 4.69) is 0 Å². The first kappa shape index (κ1) is 10.3. The molecule has 1 saturated carbocycles. The van der Waals surface area contributed by atoms with Crippen molar-refractivity contribution in [3.63, 3.8) is 0 Å². The third-order valence-corrected chi connectivity index (χ3v) is 3.94. The van der Waals surface area contributed by atoms with E-state index in [9.17, 15) is 14.9 Å². The average molecular weight is 225 g/mol. The van der Waals surface area contributed by atoms with Gasteiger partial charge < -0.3 is 0 Å². The van der Waals surface area contributed by atoms with Crippen LogP contribution in [0.2, 0.25) is 0 Å². The van der Waals surface area contributed by atoms with Crippen molar-refractivity contribution in [3.05, 3.63) is 27.1 Å². The van der Waals surface area contributed by atoms with Crippen molar-refractivity contribution in [2.75, 3.05) is 0 Å². The molecule has 0 aliphatic heterocycles. The van der Waals surface area contributed by atoms with E-state index in [4.69, 9.17) is 0 Å². The lowest BCUT2D eigenvalue weighted by molar-refractivity contribution is -0.380. The van der Waals surface area contributed by atoms with Crippen LogP contribution < -0.4 is 0 Å². The Morgan fingerprint density at radius 2 is 2.00 bits per heavy atom. The van der Waals surface area contributed by atoms with Crippen molar-refractivity contribution < 1.29 is 9.72 Å². The fraction of sp³-hybridized carbons (Fsp3) is 0.500. The summed E-state index contributed by atoms with van der Waals surface area (Å²) in [6, 6.07) is 3.37. The second-order valence-electron chi connectivity index (χ2n) is 3.75. The predicted octanol–water partition coefficient (Wildman–Crippen LogP) is 2.88. The fourth-order valence-electron chi connectivity index (χ4n) is 1.88. The molecular formula is C10H11NO3S. The molecule has 15 heavy (non-hydrogen) atoms. The molecule has 0 saturated heterocycles. The Labute approximate surface area is 91.1 Å². The summed E-state index contributed by atoms with van der Waals surface area (Å²) in [6.07, 6.45) is 2.93. The van der Waals surface area contributed by atoms with Gasteiger partial charge in [0.25, 0.3) is 0 Å². The van der Waals surface area contributed by atoms with Gasteiger partial charge in [-0.25, -0.2) is 0 Å². The van der Waals surface area contributed by atoms with Crippen LogP contribution in [0.1, 0.15) is 36.5 Å². The van der Waals surface area contributed by atoms with Gasteiger partial charge in [-0.05, 0) is 24.8 Å². The molecule has 5 heteroatoms. The number of hydrogen-bond donors (Lipinski definition) is 0. The highest BCUT2D eigenvalue weighted by molar-refractivity contribution is 7.15. The number of rotatable bonds is 2. The summed E-state index contributed by atoms with van der Waals surface area (Å²) in [4.78, 5) is 22.3. The van der Waals surface area contributed by atoms with E-state index in [0.717, 1.165) is 17.7 Å². The maximum Gasteiger partial charge on any atom is 0.324 e. The van der Waals surface area contributed by atoms with E-state index in [1.165, 1.54) is 11.3 Å². The Balaban J connectivity index is 2.09. The van der Waals surface area contributed by atoms with Crippen LogP contribution >= 0.6 is 11.3 Å². The van der Waals surface area contributed by atoms with Crippen LogP contribution in [0.4, 0.5) is 5.00 Å². The van der Waals surface area contributed by atoms with E-state index in [0.29, 0.717) is 24.5 Å². The van der Waals surface area contributed by atoms with Gasteiger partial charge in [-0.3, -0.25) is 14.9 Å². The first-order valence-electron chi connectivity index (χ1n) is 4.92. The van der Waals surface area contributed by atoms with E-state index in [1.54, 1.807) is 6.07 Å². The number of carbonyl (C=O) groups is 1. The molecule has 0 aromatic carbocycles. The van der Waals surface area contributed by atoms with Crippen molar-refractivity contribution in [3.8, 4) is 0 Å². The standard InChI is InChI=1S/C10H11NO3S/c12-8-3-1-7(2-4-8)9-5-6-10(15-9)11(13)14/h5-7H,1-4H2. The molecule has 0 N–H and O–H groups in total. The quantitative estimate of drug-likeness (QED) is 0.574. The van der Waals surface area contributed by atoms with Gasteiger partial charge in [0.1, 0.15) is 5.78 Å². The van der Waals surface area contributed by atoms with E-state index >= 15 is 0 Å². The molecule has 1 heterocycles. The van der Waals surface area contributed by atoms with Gasteiger partial charge >= 0.3 is 5.00 Å². The molecule has 0 spiro atoms. The molecule has 2 rings (SSSR count). The molecule has 1 aromatic rings. The number of Topliss-reactive ketones (excluding diaryl/α,β-unsaturated/α-hetero) is 1. The highest BCUT2D eigenvalue weighted by atomic mass is 32.1. The van der Waals surface area contributed by atoms with Crippen LogP contribution in [0.15, 0.2) is 12.1 Å². The third kappa shape index (κ3) is 2.23. The largest absolute Gasteiger partial charge is 0.324 e. The molecule has 0 bridgehead atoms. The van der Waals surface area contributed by atoms with E-state index < -0.39 is 0 Å². The Morgan fingerprint density at radius 1 is 1.33 bits per heavy atom. The van der Waals surface area contributed by atoms with E-state index in [-0.39, 0.29) is 9.92 Å². The molecule has 1 aromatic heterocycles. The molecule has 1 fully saturated rings. The minimum Gasteiger partial charge on any atom is -0.300 e. The lowest BCUT2D eigenvalue weighted by Crippen LogP contribution is -2.11. The number of ketones is 1. The second-order valence-corrected chi connectivity index (χ2v) is 4.84. The Hall–Kier alpha value is -1.23. The van der Waals surface area contributed by atoms with Crippen molar-refractivity contribution in [1.29, 1.82) is 0 Å². The summed E-state index contributed by atoms with van der Waals surface area (Å²) >= 11 is 1.24. The molecular weight excluding hydrogens is 214 g/mol. The molecule has 0 unspecified atom stereocenters. The first-order chi connectivity index (χ1) is 7.16. The molecule has 4 nitrogen and oxygen atoms in total. The minimum atomic E-state index is -0.359.